The lowest BCUT2D eigenvalue weighted by atomic mass is 9.97. The molecular formula is C101H173N21O22. The lowest BCUT2D eigenvalue weighted by Gasteiger charge is -2.31. The number of amides is 19. The van der Waals surface area contributed by atoms with Crippen LogP contribution < -0.4 is 107 Å². The molecule has 0 aliphatic rings. The van der Waals surface area contributed by atoms with Crippen molar-refractivity contribution in [2.24, 2.45) is 88.6 Å². The third kappa shape index (κ3) is 45.2. The van der Waals surface area contributed by atoms with E-state index in [4.69, 9.17) is 5.73 Å². The van der Waals surface area contributed by atoms with Gasteiger partial charge in [-0.2, -0.15) is 0 Å². The van der Waals surface area contributed by atoms with Gasteiger partial charge in [-0.15, -0.1) is 0 Å². The zero-order valence-electron chi connectivity index (χ0n) is 90.1. The molecule has 1 aromatic carbocycles. The lowest BCUT2D eigenvalue weighted by Crippen LogP contribution is -2.62. The highest BCUT2D eigenvalue weighted by molar-refractivity contribution is 6.02. The van der Waals surface area contributed by atoms with Gasteiger partial charge in [-0.3, -0.25) is 91.1 Å². The van der Waals surface area contributed by atoms with Gasteiger partial charge in [0.1, 0.15) is 96.7 Å². The first-order valence-electron chi connectivity index (χ1n) is 50.8. The minimum atomic E-state index is -1.71. The number of para-hydroxylation sites is 1. The molecule has 0 aliphatic heterocycles. The van der Waals surface area contributed by atoms with Gasteiger partial charge in [0.2, 0.25) is 112 Å². The molecule has 24 N–H and O–H groups in total. The third-order valence-corrected chi connectivity index (χ3v) is 24.0. The summed E-state index contributed by atoms with van der Waals surface area (Å²) in [5, 5.41) is 71.2. The zero-order valence-corrected chi connectivity index (χ0v) is 90.1. The number of carbonyl (C=O) groups excluding carboxylic acids is 19. The Hall–Kier alpha value is -11.9. The summed E-state index contributed by atoms with van der Waals surface area (Å²) in [6.07, 6.45) is 2.14. The fraction of sp³-hybridized carbons (Fsp3) is 0.723. The van der Waals surface area contributed by atoms with Crippen LogP contribution in [-0.2, 0) is 102 Å². The maximum Gasteiger partial charge on any atom is 0.326 e. The number of carboxylic acid groups (broad SMARTS) is 1. The second-order valence-corrected chi connectivity index (χ2v) is 42.9. The molecule has 1 aromatic heterocycles. The van der Waals surface area contributed by atoms with Crippen molar-refractivity contribution in [2.45, 2.75) is 361 Å². The fourth-order valence-electron chi connectivity index (χ4n) is 15.6. The van der Waals surface area contributed by atoms with Crippen LogP contribution in [0.25, 0.3) is 10.9 Å². The highest BCUT2D eigenvalue weighted by atomic mass is 16.4. The number of aromatic nitrogens is 1. The standard InChI is InChI=1S/C101H173N21O22/c1-30-61(28)84(101(143)144)122-100(142)83(60(26)27)117-85(127)62(29)107-87(129)68(37-50(6)7)114-97(139)81(58(22)23)120-93(135)73(42-63-43-103-65-34-32-31-33-64(63)65)116-99(141)82(59(24)25)119-91(133)71(40-53(12)13)112-89(131)69(38-51(8)9)111-90(132)70(39-52(10)11)115-98(140)80(57(20)21)118-92(134)72(41-54(14)15)113-94(136)74(47-123)109-77(126)46-105-86(128)66(35-48(2)3)110-88(130)67(36-49(4)5)108-76(125)45-104-75(124)44-106-96(138)79(56(18)19)121-95(137)78(102)55(16)17/h31-34,43,48-62,66-74,78-84,103,123H,30,35-42,44-47,102H2,1-29H3,(H,104,124)(H,105,128)(H,106,138)(H,107,129)(H,108,125)(H,109,126)(H,110,130)(H,111,132)(H,112,131)(H,113,136)(H,114,139)(H,115,140)(H,116,141)(H,117,127)(H,118,134)(H,119,133)(H,120,135)(H,121,137)(H,122,142)(H,143,144)/t61-,62-,66-,67-,68-,69-,70-,71-,72-,73-,74-,78-,79-,80-,81-,82-,83-,84-/m0/s1. The second-order valence-electron chi connectivity index (χ2n) is 42.9. The Kier molecular flexibility index (Phi) is 55.8. The molecule has 0 fully saturated rings. The minimum Gasteiger partial charge on any atom is -0.480 e. The summed E-state index contributed by atoms with van der Waals surface area (Å²) in [7, 11) is 0. The van der Waals surface area contributed by atoms with E-state index in [1.54, 1.807) is 212 Å². The van der Waals surface area contributed by atoms with Crippen molar-refractivity contribution in [3.8, 4) is 0 Å². The summed E-state index contributed by atoms with van der Waals surface area (Å²) >= 11 is 0. The van der Waals surface area contributed by atoms with Crippen LogP contribution in [0, 0.1) is 82.9 Å². The van der Waals surface area contributed by atoms with E-state index in [-0.39, 0.29) is 105 Å². The van der Waals surface area contributed by atoms with Crippen LogP contribution in [0.1, 0.15) is 258 Å². The molecular weight excluding hydrogens is 1860 g/mol. The summed E-state index contributed by atoms with van der Waals surface area (Å²) in [5.74, 6) is -21.7. The molecule has 0 radical (unpaired) electrons. The molecule has 18 atom stereocenters. The SMILES string of the molecule is CC[C@H](C)[C@H](NC(=O)[C@@H](NC(=O)[C@H](C)NC(=O)[C@H](CC(C)C)NC(=O)[C@@H](NC(=O)[C@H](Cc1c[nH]c2ccccc12)NC(=O)[C@@H](NC(=O)[C@H](CC(C)C)NC(=O)[C@H](CC(C)C)NC(=O)[C@H](CC(C)C)NC(=O)[C@@H](NC(=O)[C@H](CC(C)C)NC(=O)[C@H](CO)NC(=O)CNC(=O)[C@H](CC(C)C)NC(=O)[C@H](CC(C)C)NC(=O)CNC(=O)CNC(=O)[C@@H](NC(=O)[C@@H](N)C(C)C)C(C)C)C(C)C)C(C)C)C(C)C)C(C)C)C(=O)O. The van der Waals surface area contributed by atoms with E-state index in [9.17, 15) is 96.5 Å². The molecule has 144 heavy (non-hydrogen) atoms. The van der Waals surface area contributed by atoms with E-state index >= 15 is 9.59 Å². The van der Waals surface area contributed by atoms with Crippen LogP contribution >= 0.6 is 0 Å². The largest absolute Gasteiger partial charge is 0.480 e. The monoisotopic (exact) mass is 2030 g/mol. The number of carboxylic acids is 1. The number of fused-ring (bicyclic) bond motifs is 1. The number of rotatable bonds is 64. The van der Waals surface area contributed by atoms with Gasteiger partial charge < -0.3 is 122 Å². The van der Waals surface area contributed by atoms with E-state index < -0.39 is 277 Å². The predicted molar refractivity (Wildman–Crippen MR) is 545 cm³/mol. The second kappa shape index (κ2) is 62.7. The summed E-state index contributed by atoms with van der Waals surface area (Å²) in [5.41, 5.74) is 7.25. The molecule has 43 heteroatoms. The Morgan fingerprint density at radius 1 is 0.285 bits per heavy atom. The van der Waals surface area contributed by atoms with Crippen molar-refractivity contribution in [1.82, 2.24) is 106 Å². The van der Waals surface area contributed by atoms with E-state index in [0.717, 1.165) is 0 Å². The average Bonchev–Trinajstić information content (AvgIpc) is 1.69. The van der Waals surface area contributed by atoms with Gasteiger partial charge in [0.15, 0.2) is 0 Å². The number of nitrogens with two attached hydrogens (primary N) is 1. The molecule has 0 saturated carbocycles. The van der Waals surface area contributed by atoms with Crippen LogP contribution in [0.4, 0.5) is 0 Å². The van der Waals surface area contributed by atoms with Crippen molar-refractivity contribution in [3.63, 3.8) is 0 Å². The predicted octanol–water partition coefficient (Wildman–Crippen LogP) is 1.54. The number of aliphatic hydroxyl groups is 1. The molecule has 2 aromatic rings. The number of hydrogen-bond donors (Lipinski definition) is 23. The number of nitrogens with one attached hydrogen (secondary N) is 20. The van der Waals surface area contributed by atoms with E-state index in [1.165, 1.54) is 6.92 Å². The number of aromatic amines is 1. The first-order valence-corrected chi connectivity index (χ1v) is 50.8. The fourth-order valence-corrected chi connectivity index (χ4v) is 15.6. The third-order valence-electron chi connectivity index (χ3n) is 24.0. The van der Waals surface area contributed by atoms with Crippen LogP contribution in [0.3, 0.4) is 0 Å². The lowest BCUT2D eigenvalue weighted by molar-refractivity contribution is -0.144. The minimum absolute atomic E-state index is 0.00834. The number of benzene rings is 1. The topological polar surface area (TPSA) is 652 Å². The quantitative estimate of drug-likeness (QED) is 0.0447. The van der Waals surface area contributed by atoms with Crippen molar-refractivity contribution < 1.29 is 106 Å². The molecule has 2 rings (SSSR count). The number of aliphatic carboxylic acids is 1. The van der Waals surface area contributed by atoms with Gasteiger partial charge in [-0.1, -0.05) is 218 Å². The number of aliphatic hydroxyl groups excluding tert-OH is 1. The number of H-pyrrole nitrogens is 1. The molecule has 19 amide bonds. The van der Waals surface area contributed by atoms with Crippen LogP contribution in [0.5, 0.6) is 0 Å². The molecule has 0 unspecified atom stereocenters. The Bertz CT molecular complexity index is 4600. The molecule has 43 nitrogen and oxygen atoms in total. The first kappa shape index (κ1) is 128. The molecule has 0 saturated heterocycles. The van der Waals surface area contributed by atoms with E-state index in [1.807, 2.05) is 12.1 Å². The maximum absolute atomic E-state index is 15.1. The Balaban J connectivity index is 2.41. The molecule has 0 spiro atoms. The van der Waals surface area contributed by atoms with Crippen molar-refractivity contribution in [1.29, 1.82) is 0 Å². The normalized spacial score (nSPS) is 15.5. The van der Waals surface area contributed by atoms with Gasteiger partial charge >= 0.3 is 5.97 Å². The summed E-state index contributed by atoms with van der Waals surface area (Å²) in [4.78, 5) is 282. The van der Waals surface area contributed by atoms with Crippen LogP contribution in [-0.4, -0.2) is 262 Å². The van der Waals surface area contributed by atoms with E-state index in [2.05, 4.69) is 106 Å². The van der Waals surface area contributed by atoms with Gasteiger partial charge in [0.25, 0.3) is 0 Å². The van der Waals surface area contributed by atoms with Crippen molar-refractivity contribution >= 4 is 129 Å². The van der Waals surface area contributed by atoms with Crippen LogP contribution in [0.2, 0.25) is 0 Å². The molecule has 814 valence electrons. The van der Waals surface area contributed by atoms with Gasteiger partial charge in [-0.25, -0.2) is 4.79 Å². The smallest absolute Gasteiger partial charge is 0.326 e. The Labute approximate surface area is 849 Å². The number of hydrogen-bond acceptors (Lipinski definition) is 22. The first-order chi connectivity index (χ1) is 66.9. The summed E-state index contributed by atoms with van der Waals surface area (Å²) in [6.45, 7) is 46.9. The highest BCUT2D eigenvalue weighted by Crippen LogP contribution is 2.23. The van der Waals surface area contributed by atoms with Gasteiger partial charge in [0.05, 0.1) is 32.3 Å². The molecule has 0 bridgehead atoms. The average molecular weight is 2030 g/mol. The Morgan fingerprint density at radius 3 is 0.910 bits per heavy atom. The number of carbonyl (C=O) groups is 20. The zero-order chi connectivity index (χ0) is 110. The maximum atomic E-state index is 15.1. The van der Waals surface area contributed by atoms with Crippen molar-refractivity contribution in [2.75, 3.05) is 26.2 Å². The Morgan fingerprint density at radius 2 is 0.556 bits per heavy atom. The van der Waals surface area contributed by atoms with Crippen LogP contribution in [0.15, 0.2) is 30.5 Å². The van der Waals surface area contributed by atoms with Crippen molar-refractivity contribution in [3.05, 3.63) is 36.0 Å². The highest BCUT2D eigenvalue weighted by Gasteiger charge is 2.42. The molecule has 0 aliphatic carbocycles. The summed E-state index contributed by atoms with van der Waals surface area (Å²) in [6, 6.07) is -14.9. The van der Waals surface area contributed by atoms with E-state index in [0.29, 0.717) is 22.9 Å². The summed E-state index contributed by atoms with van der Waals surface area (Å²) < 4.78 is 0. The molecule has 1 heterocycles. The van der Waals surface area contributed by atoms with Gasteiger partial charge in [-0.05, 0) is 146 Å². The van der Waals surface area contributed by atoms with Gasteiger partial charge in [0, 0.05) is 23.5 Å².